The van der Waals surface area contributed by atoms with Gasteiger partial charge in [0.25, 0.3) is 0 Å². The van der Waals surface area contributed by atoms with Crippen molar-refractivity contribution in [2.24, 2.45) is 0 Å². The number of hydrogen-bond acceptors (Lipinski definition) is 6. The second-order valence-corrected chi connectivity index (χ2v) is 6.30. The van der Waals surface area contributed by atoms with E-state index in [2.05, 4.69) is 16.8 Å². The second kappa shape index (κ2) is 6.94. The highest BCUT2D eigenvalue weighted by Crippen LogP contribution is 2.24. The fraction of sp³-hybridized carbons (Fsp3) is 0.211. The van der Waals surface area contributed by atoms with Gasteiger partial charge in [-0.05, 0) is 50.5 Å². The highest BCUT2D eigenvalue weighted by atomic mass is 19.1. The molecule has 0 saturated heterocycles. The van der Waals surface area contributed by atoms with Crippen molar-refractivity contribution in [2.45, 2.75) is 26.4 Å². The van der Waals surface area contributed by atoms with Gasteiger partial charge in [0.15, 0.2) is 0 Å². The molecular weight excluding hydrogens is 335 g/mol. The lowest BCUT2D eigenvalue weighted by Crippen LogP contribution is -2.15. The number of ketones is 1. The number of nitrogens with two attached hydrogens (primary N) is 2. The van der Waals surface area contributed by atoms with Crippen molar-refractivity contribution in [1.29, 1.82) is 5.41 Å². The maximum Gasteiger partial charge on any atom is 0.214 e. The molecule has 0 radical (unpaired) electrons. The summed E-state index contributed by atoms with van der Waals surface area (Å²) >= 11 is 0. The summed E-state index contributed by atoms with van der Waals surface area (Å²) in [7, 11) is 0. The van der Waals surface area contributed by atoms with E-state index in [0.29, 0.717) is 5.56 Å². The third-order valence-corrected chi connectivity index (χ3v) is 3.57. The summed E-state index contributed by atoms with van der Waals surface area (Å²) in [5.74, 6) is 4.04. The molecule has 0 amide bonds. The molecule has 2 aromatic rings. The summed E-state index contributed by atoms with van der Waals surface area (Å²) < 4.78 is 13.6. The van der Waals surface area contributed by atoms with Gasteiger partial charge in [-0.2, -0.15) is 0 Å². The summed E-state index contributed by atoms with van der Waals surface area (Å²) in [4.78, 5) is 17.1. The number of nitrogen functional groups attached to an aromatic ring is 2. The smallest absolute Gasteiger partial charge is 0.214 e. The second-order valence-electron chi connectivity index (χ2n) is 6.30. The first-order valence-corrected chi connectivity index (χ1v) is 7.71. The van der Waals surface area contributed by atoms with Crippen molar-refractivity contribution in [3.05, 3.63) is 52.1 Å². The number of anilines is 2. The molecule has 134 valence electrons. The van der Waals surface area contributed by atoms with Crippen molar-refractivity contribution < 1.29 is 14.3 Å². The number of aliphatic hydroxyl groups is 1. The van der Waals surface area contributed by atoms with Crippen LogP contribution in [0.1, 0.15) is 46.7 Å². The molecule has 0 saturated carbocycles. The Morgan fingerprint density at radius 2 is 2.04 bits per heavy atom. The zero-order valence-electron chi connectivity index (χ0n) is 14.6. The number of nitrogens with zero attached hydrogens (tertiary/aromatic N) is 1. The molecule has 0 aliphatic rings. The van der Waals surface area contributed by atoms with E-state index in [-0.39, 0.29) is 33.9 Å². The maximum absolute atomic E-state index is 13.6. The van der Waals surface area contributed by atoms with Gasteiger partial charge >= 0.3 is 0 Å². The highest BCUT2D eigenvalue weighted by molar-refractivity contribution is 6.15. The zero-order chi connectivity index (χ0) is 19.6. The molecule has 6 nitrogen and oxygen atoms in total. The van der Waals surface area contributed by atoms with Crippen molar-refractivity contribution in [3.8, 4) is 11.8 Å². The van der Waals surface area contributed by atoms with Crippen LogP contribution >= 0.6 is 0 Å². The molecule has 1 aromatic heterocycles. The lowest BCUT2D eigenvalue weighted by Gasteiger charge is -2.11. The quantitative estimate of drug-likeness (QED) is 0.290. The number of pyridine rings is 1. The van der Waals surface area contributed by atoms with Crippen molar-refractivity contribution in [3.63, 3.8) is 0 Å². The van der Waals surface area contributed by atoms with E-state index in [4.69, 9.17) is 16.9 Å². The van der Waals surface area contributed by atoms with Gasteiger partial charge in [-0.25, -0.2) is 9.37 Å². The van der Waals surface area contributed by atoms with Crippen LogP contribution in [0.4, 0.5) is 15.8 Å². The van der Waals surface area contributed by atoms with Gasteiger partial charge < -0.3 is 22.0 Å². The first kappa shape index (κ1) is 19.1. The molecular formula is C19H19FN4O2. The minimum absolute atomic E-state index is 0.0170. The van der Waals surface area contributed by atoms with E-state index in [1.807, 2.05) is 0 Å². The van der Waals surface area contributed by atoms with Crippen LogP contribution in [0.5, 0.6) is 0 Å². The standard InChI is InChI=1S/C19H19FN4O2/c1-10-8-14(22)17(24-15(10)6-7-19(2,3)26)18(25)11-4-5-13(20)16(23)12(11)9-21/h4-5,8-9,21,26H,22-23H2,1-3H3. The number of hydrogen-bond donors (Lipinski definition) is 4. The van der Waals surface area contributed by atoms with E-state index < -0.39 is 17.2 Å². The van der Waals surface area contributed by atoms with Crippen LogP contribution in [0.3, 0.4) is 0 Å². The van der Waals surface area contributed by atoms with Crippen LogP contribution in [-0.2, 0) is 0 Å². The topological polar surface area (TPSA) is 126 Å². The van der Waals surface area contributed by atoms with Crippen LogP contribution in [0.25, 0.3) is 0 Å². The van der Waals surface area contributed by atoms with Gasteiger partial charge in [0.1, 0.15) is 22.8 Å². The van der Waals surface area contributed by atoms with Crippen LogP contribution in [0, 0.1) is 30.0 Å². The highest BCUT2D eigenvalue weighted by Gasteiger charge is 2.21. The third-order valence-electron chi connectivity index (χ3n) is 3.57. The van der Waals surface area contributed by atoms with E-state index >= 15 is 0 Å². The van der Waals surface area contributed by atoms with Crippen LogP contribution in [-0.4, -0.2) is 27.7 Å². The molecule has 0 fully saturated rings. The van der Waals surface area contributed by atoms with Crippen LogP contribution in [0.2, 0.25) is 0 Å². The van der Waals surface area contributed by atoms with E-state index in [0.717, 1.165) is 12.3 Å². The Hall–Kier alpha value is -3.24. The lowest BCUT2D eigenvalue weighted by atomic mass is 9.98. The van der Waals surface area contributed by atoms with E-state index in [1.54, 1.807) is 13.0 Å². The fourth-order valence-electron chi connectivity index (χ4n) is 2.25. The summed E-state index contributed by atoms with van der Waals surface area (Å²) in [6.07, 6.45) is 0.811. The lowest BCUT2D eigenvalue weighted by molar-refractivity contribution is 0.103. The Morgan fingerprint density at radius 1 is 1.38 bits per heavy atom. The van der Waals surface area contributed by atoms with Crippen LogP contribution < -0.4 is 11.5 Å². The molecule has 7 heteroatoms. The third kappa shape index (κ3) is 3.87. The van der Waals surface area contributed by atoms with Gasteiger partial charge in [0.2, 0.25) is 5.78 Å². The normalized spacial score (nSPS) is 10.8. The summed E-state index contributed by atoms with van der Waals surface area (Å²) in [6, 6.07) is 3.83. The van der Waals surface area contributed by atoms with Crippen molar-refractivity contribution in [2.75, 3.05) is 11.5 Å². The number of carbonyl (C=O) groups is 1. The molecule has 26 heavy (non-hydrogen) atoms. The minimum atomic E-state index is -1.22. The molecule has 6 N–H and O–H groups in total. The molecule has 0 unspecified atom stereocenters. The average molecular weight is 354 g/mol. The SMILES string of the molecule is Cc1cc(N)c(C(=O)c2ccc(F)c(N)c2C=N)nc1C#CC(C)(C)O. The molecule has 0 aliphatic carbocycles. The van der Waals surface area contributed by atoms with E-state index in [9.17, 15) is 14.3 Å². The predicted molar refractivity (Wildman–Crippen MR) is 98.7 cm³/mol. The van der Waals surface area contributed by atoms with Gasteiger partial charge in [0.05, 0.1) is 11.4 Å². The number of halogens is 1. The Kier molecular flexibility index (Phi) is 5.10. The van der Waals surface area contributed by atoms with Gasteiger partial charge in [-0.1, -0.05) is 5.92 Å². The zero-order valence-corrected chi connectivity index (χ0v) is 14.6. The van der Waals surface area contributed by atoms with Crippen molar-refractivity contribution >= 4 is 23.4 Å². The van der Waals surface area contributed by atoms with Gasteiger partial charge in [-0.3, -0.25) is 4.79 Å². The monoisotopic (exact) mass is 354 g/mol. The molecule has 2 rings (SSSR count). The number of nitrogens with one attached hydrogen (secondary N) is 1. The van der Waals surface area contributed by atoms with E-state index in [1.165, 1.54) is 19.9 Å². The molecule has 1 aromatic carbocycles. The number of benzene rings is 1. The number of aromatic nitrogens is 1. The molecule has 0 bridgehead atoms. The van der Waals surface area contributed by atoms with Crippen LogP contribution in [0.15, 0.2) is 18.2 Å². The first-order valence-electron chi connectivity index (χ1n) is 7.71. The Balaban J connectivity index is 2.62. The van der Waals surface area contributed by atoms with Gasteiger partial charge in [0, 0.05) is 17.3 Å². The number of aryl methyl sites for hydroxylation is 1. The predicted octanol–water partition coefficient (Wildman–Crippen LogP) is 2.04. The Labute approximate surface area is 150 Å². The first-order chi connectivity index (χ1) is 12.0. The summed E-state index contributed by atoms with van der Waals surface area (Å²) in [5, 5.41) is 17.2. The van der Waals surface area contributed by atoms with Gasteiger partial charge in [-0.15, -0.1) is 0 Å². The molecule has 1 heterocycles. The molecule has 0 spiro atoms. The average Bonchev–Trinajstić information content (AvgIpc) is 2.55. The fourth-order valence-corrected chi connectivity index (χ4v) is 2.25. The Morgan fingerprint density at radius 3 is 2.62 bits per heavy atom. The van der Waals surface area contributed by atoms with Crippen molar-refractivity contribution in [1.82, 2.24) is 4.98 Å². The molecule has 0 aliphatic heterocycles. The Bertz CT molecular complexity index is 966. The maximum atomic E-state index is 13.6. The number of carbonyl (C=O) groups excluding carboxylic acids is 1. The summed E-state index contributed by atoms with van der Waals surface area (Å²) in [5.41, 5.74) is 11.0. The summed E-state index contributed by atoms with van der Waals surface area (Å²) in [6.45, 7) is 4.78. The number of rotatable bonds is 3. The minimum Gasteiger partial charge on any atom is -0.397 e. The largest absolute Gasteiger partial charge is 0.397 e. The molecule has 0 atom stereocenters.